The highest BCUT2D eigenvalue weighted by Crippen LogP contribution is 2.35. The van der Waals surface area contributed by atoms with Crippen LogP contribution >= 0.6 is 0 Å². The van der Waals surface area contributed by atoms with Crippen molar-refractivity contribution in [2.24, 2.45) is 5.73 Å². The predicted octanol–water partition coefficient (Wildman–Crippen LogP) is 1.53. The summed E-state index contributed by atoms with van der Waals surface area (Å²) in [6.07, 6.45) is 5.52. The number of fused-ring (bicyclic) bond motifs is 3. The number of nitrogens with zero attached hydrogens (tertiary/aromatic N) is 2. The van der Waals surface area contributed by atoms with Gasteiger partial charge in [-0.15, -0.1) is 0 Å². The first-order chi connectivity index (χ1) is 10.2. The van der Waals surface area contributed by atoms with Crippen molar-refractivity contribution < 1.29 is 4.79 Å². The van der Waals surface area contributed by atoms with E-state index in [1.54, 1.807) is 0 Å². The van der Waals surface area contributed by atoms with E-state index in [4.69, 9.17) is 5.73 Å². The van der Waals surface area contributed by atoms with E-state index in [2.05, 4.69) is 23.1 Å². The number of anilines is 1. The van der Waals surface area contributed by atoms with Crippen LogP contribution in [-0.4, -0.2) is 42.0 Å². The molecule has 1 aromatic rings. The van der Waals surface area contributed by atoms with Crippen molar-refractivity contribution in [2.45, 2.75) is 50.2 Å². The predicted molar refractivity (Wildman–Crippen MR) is 83.2 cm³/mol. The number of hydrogen-bond acceptors (Lipinski definition) is 3. The van der Waals surface area contributed by atoms with E-state index in [0.29, 0.717) is 24.7 Å². The minimum Gasteiger partial charge on any atom is -0.328 e. The highest BCUT2D eigenvalue weighted by Gasteiger charge is 2.41. The molecule has 0 spiro atoms. The van der Waals surface area contributed by atoms with Crippen molar-refractivity contribution in [1.82, 2.24) is 4.90 Å². The highest BCUT2D eigenvalue weighted by atomic mass is 16.2. The van der Waals surface area contributed by atoms with E-state index in [9.17, 15) is 4.79 Å². The van der Waals surface area contributed by atoms with E-state index >= 15 is 0 Å². The van der Waals surface area contributed by atoms with Crippen LogP contribution in [0, 0.1) is 0 Å². The van der Waals surface area contributed by atoms with Crippen LogP contribution in [0.25, 0.3) is 0 Å². The maximum Gasteiger partial charge on any atom is 0.241 e. The summed E-state index contributed by atoms with van der Waals surface area (Å²) in [7, 11) is 0. The first-order valence-electron chi connectivity index (χ1n) is 8.12. The summed E-state index contributed by atoms with van der Waals surface area (Å²) in [4.78, 5) is 17.1. The fourth-order valence-corrected chi connectivity index (χ4v) is 4.41. The fourth-order valence-electron chi connectivity index (χ4n) is 4.41. The second kappa shape index (κ2) is 5.11. The number of benzene rings is 1. The van der Waals surface area contributed by atoms with Crippen molar-refractivity contribution in [3.05, 3.63) is 29.8 Å². The third-order valence-corrected chi connectivity index (χ3v) is 5.43. The number of rotatable bonds is 2. The molecule has 2 fully saturated rings. The van der Waals surface area contributed by atoms with Gasteiger partial charge in [-0.2, -0.15) is 0 Å². The van der Waals surface area contributed by atoms with E-state index in [0.717, 1.165) is 31.5 Å². The van der Waals surface area contributed by atoms with Gasteiger partial charge in [-0.3, -0.25) is 9.69 Å². The Labute approximate surface area is 125 Å². The molecular formula is C17H23N3O. The molecule has 0 radical (unpaired) electrons. The van der Waals surface area contributed by atoms with E-state index in [-0.39, 0.29) is 5.91 Å². The molecule has 2 atom stereocenters. The zero-order valence-electron chi connectivity index (χ0n) is 12.4. The normalized spacial score (nSPS) is 31.5. The molecule has 4 nitrogen and oxygen atoms in total. The summed E-state index contributed by atoms with van der Waals surface area (Å²) in [6.45, 7) is 1.40. The molecule has 21 heavy (non-hydrogen) atoms. The van der Waals surface area contributed by atoms with Gasteiger partial charge in [0.25, 0.3) is 0 Å². The van der Waals surface area contributed by atoms with Crippen LogP contribution in [0.1, 0.15) is 31.2 Å². The largest absolute Gasteiger partial charge is 0.328 e. The lowest BCUT2D eigenvalue weighted by atomic mass is 9.98. The molecule has 4 rings (SSSR count). The molecule has 3 heterocycles. The lowest BCUT2D eigenvalue weighted by molar-refractivity contribution is -0.120. The maximum atomic E-state index is 12.7. The van der Waals surface area contributed by atoms with E-state index < -0.39 is 0 Å². The number of para-hydroxylation sites is 1. The molecule has 1 aromatic carbocycles. The molecule has 4 heteroatoms. The Morgan fingerprint density at radius 2 is 1.90 bits per heavy atom. The zero-order valence-corrected chi connectivity index (χ0v) is 12.4. The number of carbonyl (C=O) groups excluding carboxylic acids is 1. The second-order valence-electron chi connectivity index (χ2n) is 6.71. The van der Waals surface area contributed by atoms with Gasteiger partial charge in [-0.1, -0.05) is 18.2 Å². The molecule has 0 aromatic heterocycles. The van der Waals surface area contributed by atoms with Crippen molar-refractivity contribution >= 4 is 11.6 Å². The summed E-state index contributed by atoms with van der Waals surface area (Å²) >= 11 is 0. The van der Waals surface area contributed by atoms with Crippen LogP contribution in [0.15, 0.2) is 24.3 Å². The van der Waals surface area contributed by atoms with Crippen molar-refractivity contribution in [2.75, 3.05) is 18.0 Å². The molecule has 2 unspecified atom stereocenters. The quantitative estimate of drug-likeness (QED) is 0.896. The van der Waals surface area contributed by atoms with Crippen molar-refractivity contribution in [3.8, 4) is 0 Å². The first-order valence-corrected chi connectivity index (χ1v) is 8.12. The Morgan fingerprint density at radius 3 is 2.67 bits per heavy atom. The highest BCUT2D eigenvalue weighted by molar-refractivity contribution is 5.96. The van der Waals surface area contributed by atoms with Crippen LogP contribution in [0.5, 0.6) is 0 Å². The number of carbonyl (C=O) groups is 1. The summed E-state index contributed by atoms with van der Waals surface area (Å²) in [5, 5.41) is 0. The number of piperidine rings is 1. The third-order valence-electron chi connectivity index (χ3n) is 5.43. The molecule has 3 aliphatic rings. The van der Waals surface area contributed by atoms with Crippen LogP contribution in [0.2, 0.25) is 0 Å². The van der Waals surface area contributed by atoms with Crippen molar-refractivity contribution in [1.29, 1.82) is 0 Å². The SMILES string of the molecule is NC1CC2CCC(C1)N2CC(=O)N1CCc2ccccc21. The number of hydrogen-bond donors (Lipinski definition) is 1. The van der Waals surface area contributed by atoms with Crippen LogP contribution in [0.3, 0.4) is 0 Å². The minimum absolute atomic E-state index is 0.257. The molecule has 0 aliphatic carbocycles. The Kier molecular flexibility index (Phi) is 3.23. The molecule has 3 aliphatic heterocycles. The van der Waals surface area contributed by atoms with Crippen LogP contribution in [0.4, 0.5) is 5.69 Å². The zero-order chi connectivity index (χ0) is 14.4. The summed E-state index contributed by atoms with van der Waals surface area (Å²) in [6, 6.07) is 9.67. The number of nitrogens with two attached hydrogens (primary N) is 1. The van der Waals surface area contributed by atoms with E-state index in [1.165, 1.54) is 18.4 Å². The van der Waals surface area contributed by atoms with E-state index in [1.807, 2.05) is 11.0 Å². The summed E-state index contributed by atoms with van der Waals surface area (Å²) in [5.41, 5.74) is 8.53. The maximum absolute atomic E-state index is 12.7. The molecule has 1 amide bonds. The second-order valence-corrected chi connectivity index (χ2v) is 6.71. The third kappa shape index (κ3) is 2.27. The standard InChI is InChI=1S/C17H23N3O/c18-13-9-14-5-6-15(10-13)20(14)11-17(21)19-8-7-12-3-1-2-4-16(12)19/h1-4,13-15H,5-11,18H2. The average Bonchev–Trinajstić information content (AvgIpc) is 2.99. The topological polar surface area (TPSA) is 49.6 Å². The van der Waals surface area contributed by atoms with Gasteiger partial charge >= 0.3 is 0 Å². The van der Waals surface area contributed by atoms with Gasteiger partial charge in [-0.05, 0) is 43.7 Å². The van der Waals surface area contributed by atoms with Gasteiger partial charge in [0, 0.05) is 30.4 Å². The summed E-state index contributed by atoms with van der Waals surface area (Å²) in [5.74, 6) is 0.257. The molecular weight excluding hydrogens is 262 g/mol. The Balaban J connectivity index is 1.48. The van der Waals surface area contributed by atoms with Gasteiger partial charge in [-0.25, -0.2) is 0 Å². The van der Waals surface area contributed by atoms with Gasteiger partial charge in [0.15, 0.2) is 0 Å². The Morgan fingerprint density at radius 1 is 1.19 bits per heavy atom. The molecule has 0 saturated carbocycles. The molecule has 112 valence electrons. The number of amides is 1. The lowest BCUT2D eigenvalue weighted by Crippen LogP contribution is -2.51. The monoisotopic (exact) mass is 285 g/mol. The Bertz CT molecular complexity index is 545. The minimum atomic E-state index is 0.257. The Hall–Kier alpha value is -1.39. The first kappa shape index (κ1) is 13.3. The van der Waals surface area contributed by atoms with Gasteiger partial charge in [0.1, 0.15) is 0 Å². The van der Waals surface area contributed by atoms with Gasteiger partial charge < -0.3 is 10.6 Å². The average molecular weight is 285 g/mol. The smallest absolute Gasteiger partial charge is 0.241 e. The van der Waals surface area contributed by atoms with Crippen molar-refractivity contribution in [3.63, 3.8) is 0 Å². The lowest BCUT2D eigenvalue weighted by Gasteiger charge is -2.37. The summed E-state index contributed by atoms with van der Waals surface area (Å²) < 4.78 is 0. The van der Waals surface area contributed by atoms with Gasteiger partial charge in [0.2, 0.25) is 5.91 Å². The molecule has 2 bridgehead atoms. The molecule has 2 N–H and O–H groups in total. The molecule has 2 saturated heterocycles. The van der Waals surface area contributed by atoms with Crippen LogP contribution < -0.4 is 10.6 Å². The fraction of sp³-hybridized carbons (Fsp3) is 0.588. The van der Waals surface area contributed by atoms with Gasteiger partial charge in [0.05, 0.1) is 6.54 Å². The van der Waals surface area contributed by atoms with Crippen LogP contribution in [-0.2, 0) is 11.2 Å².